The van der Waals surface area contributed by atoms with Gasteiger partial charge in [0, 0.05) is 25.1 Å². The first-order valence-electron chi connectivity index (χ1n) is 9.27. The normalized spacial score (nSPS) is 17.5. The maximum Gasteiger partial charge on any atom is 0.408 e. The number of halogens is 4. The van der Waals surface area contributed by atoms with Crippen LogP contribution in [0.15, 0.2) is 30.9 Å². The fourth-order valence-electron chi connectivity index (χ4n) is 3.17. The number of anilines is 2. The standard InChI is InChI=1S/C18H17F4N7O2/c19-11-8-28(3-4-31-9-11)17(30)13-5-14-12(6-25-13)16(26-15-7-23-1-2-24-15)27-29(14)10-18(20,21)22/h1-2,5-7,11H,3-4,8-10H2,(H,24,26,27)/t11-/m0/s1. The van der Waals surface area contributed by atoms with Crippen molar-refractivity contribution >= 4 is 28.4 Å². The summed E-state index contributed by atoms with van der Waals surface area (Å²) < 4.78 is 58.9. The van der Waals surface area contributed by atoms with Crippen LogP contribution >= 0.6 is 0 Å². The van der Waals surface area contributed by atoms with Crippen LogP contribution in [0.2, 0.25) is 0 Å². The summed E-state index contributed by atoms with van der Waals surface area (Å²) in [4.78, 5) is 26.0. The van der Waals surface area contributed by atoms with E-state index in [4.69, 9.17) is 4.74 Å². The third kappa shape index (κ3) is 4.87. The molecule has 0 radical (unpaired) electrons. The van der Waals surface area contributed by atoms with Gasteiger partial charge in [-0.15, -0.1) is 0 Å². The summed E-state index contributed by atoms with van der Waals surface area (Å²) in [6.07, 6.45) is -0.402. The van der Waals surface area contributed by atoms with Crippen LogP contribution in [-0.4, -0.2) is 74.2 Å². The number of nitrogens with one attached hydrogen (secondary N) is 1. The number of nitrogens with zero attached hydrogens (tertiary/aromatic N) is 6. The van der Waals surface area contributed by atoms with Crippen LogP contribution < -0.4 is 5.32 Å². The summed E-state index contributed by atoms with van der Waals surface area (Å²) in [5, 5.41) is 7.05. The molecule has 0 spiro atoms. The van der Waals surface area contributed by atoms with E-state index in [2.05, 4.69) is 25.4 Å². The second-order valence-electron chi connectivity index (χ2n) is 6.85. The minimum absolute atomic E-state index is 0.0462. The van der Waals surface area contributed by atoms with E-state index in [1.807, 2.05) is 0 Å². The van der Waals surface area contributed by atoms with Crippen molar-refractivity contribution in [3.63, 3.8) is 0 Å². The van der Waals surface area contributed by atoms with Crippen molar-refractivity contribution in [2.45, 2.75) is 18.9 Å². The molecule has 0 aromatic carbocycles. The van der Waals surface area contributed by atoms with Crippen LogP contribution in [0.3, 0.4) is 0 Å². The first kappa shape index (κ1) is 20.9. The Balaban J connectivity index is 1.71. The van der Waals surface area contributed by atoms with Crippen molar-refractivity contribution in [1.29, 1.82) is 0 Å². The average molecular weight is 439 g/mol. The lowest BCUT2D eigenvalue weighted by atomic mass is 10.2. The van der Waals surface area contributed by atoms with Gasteiger partial charge in [-0.2, -0.15) is 18.3 Å². The Morgan fingerprint density at radius 3 is 2.84 bits per heavy atom. The number of pyridine rings is 1. The summed E-state index contributed by atoms with van der Waals surface area (Å²) in [6, 6.07) is 1.22. The van der Waals surface area contributed by atoms with Crippen LogP contribution in [0.5, 0.6) is 0 Å². The number of carbonyl (C=O) groups is 1. The van der Waals surface area contributed by atoms with Crippen LogP contribution in [0.4, 0.5) is 29.2 Å². The Kier molecular flexibility index (Phi) is 5.67. The van der Waals surface area contributed by atoms with Crippen LogP contribution in [0.1, 0.15) is 10.5 Å². The Hall–Kier alpha value is -3.35. The van der Waals surface area contributed by atoms with E-state index in [-0.39, 0.29) is 54.5 Å². The number of carbonyl (C=O) groups excluding carboxylic acids is 1. The first-order valence-corrected chi connectivity index (χ1v) is 9.27. The molecular formula is C18H17F4N7O2. The fourth-order valence-corrected chi connectivity index (χ4v) is 3.17. The number of aromatic nitrogens is 5. The average Bonchev–Trinajstić information content (AvgIpc) is 2.90. The number of ether oxygens (including phenoxy) is 1. The maximum absolute atomic E-state index is 13.8. The zero-order valence-corrected chi connectivity index (χ0v) is 16.0. The summed E-state index contributed by atoms with van der Waals surface area (Å²) in [5.41, 5.74) is -0.0686. The highest BCUT2D eigenvalue weighted by atomic mass is 19.4. The lowest BCUT2D eigenvalue weighted by Crippen LogP contribution is -2.37. The largest absolute Gasteiger partial charge is 0.408 e. The number of hydrogen-bond acceptors (Lipinski definition) is 7. The summed E-state index contributed by atoms with van der Waals surface area (Å²) in [6.45, 7) is -1.36. The molecule has 3 aromatic heterocycles. The molecule has 1 atom stereocenters. The first-order chi connectivity index (χ1) is 14.8. The molecule has 0 aliphatic carbocycles. The second-order valence-corrected chi connectivity index (χ2v) is 6.85. The molecule has 1 fully saturated rings. The van der Waals surface area contributed by atoms with Gasteiger partial charge in [0.15, 0.2) is 5.82 Å². The molecule has 0 unspecified atom stereocenters. The van der Waals surface area contributed by atoms with Crippen molar-refractivity contribution in [2.75, 3.05) is 31.6 Å². The predicted octanol–water partition coefficient (Wildman–Crippen LogP) is 2.34. The maximum atomic E-state index is 13.8. The van der Waals surface area contributed by atoms with Gasteiger partial charge >= 0.3 is 6.18 Å². The van der Waals surface area contributed by atoms with Gasteiger partial charge in [-0.1, -0.05) is 0 Å². The van der Waals surface area contributed by atoms with E-state index < -0.39 is 24.8 Å². The molecule has 0 bridgehead atoms. The molecular weight excluding hydrogens is 422 g/mol. The minimum Gasteiger partial charge on any atom is -0.377 e. The molecule has 1 aliphatic rings. The number of rotatable bonds is 4. The Labute approximate surface area is 173 Å². The lowest BCUT2D eigenvalue weighted by Gasteiger charge is -2.20. The molecule has 13 heteroatoms. The van der Waals surface area contributed by atoms with Crippen molar-refractivity contribution in [3.8, 4) is 0 Å². The van der Waals surface area contributed by atoms with Gasteiger partial charge in [-0.25, -0.2) is 9.37 Å². The molecule has 4 rings (SSSR count). The third-order valence-electron chi connectivity index (χ3n) is 4.50. The van der Waals surface area contributed by atoms with E-state index in [9.17, 15) is 22.4 Å². The predicted molar refractivity (Wildman–Crippen MR) is 101 cm³/mol. The fraction of sp³-hybridized carbons (Fsp3) is 0.389. The molecule has 0 saturated carbocycles. The highest BCUT2D eigenvalue weighted by molar-refractivity contribution is 5.98. The van der Waals surface area contributed by atoms with E-state index in [1.54, 1.807) is 0 Å². The Morgan fingerprint density at radius 1 is 1.26 bits per heavy atom. The number of fused-ring (bicyclic) bond motifs is 1. The van der Waals surface area contributed by atoms with Crippen molar-refractivity contribution in [2.24, 2.45) is 0 Å². The second kappa shape index (κ2) is 8.41. The molecule has 164 valence electrons. The van der Waals surface area contributed by atoms with Crippen molar-refractivity contribution in [1.82, 2.24) is 29.6 Å². The highest BCUT2D eigenvalue weighted by Crippen LogP contribution is 2.28. The zero-order chi connectivity index (χ0) is 22.0. The Morgan fingerprint density at radius 2 is 2.10 bits per heavy atom. The van der Waals surface area contributed by atoms with Gasteiger partial charge in [0.2, 0.25) is 0 Å². The smallest absolute Gasteiger partial charge is 0.377 e. The summed E-state index contributed by atoms with van der Waals surface area (Å²) in [7, 11) is 0. The third-order valence-corrected chi connectivity index (χ3v) is 4.50. The molecule has 1 aliphatic heterocycles. The van der Waals surface area contributed by atoms with Crippen LogP contribution in [-0.2, 0) is 11.3 Å². The molecule has 1 N–H and O–H groups in total. The summed E-state index contributed by atoms with van der Waals surface area (Å²) >= 11 is 0. The van der Waals surface area contributed by atoms with Crippen LogP contribution in [0.25, 0.3) is 10.9 Å². The van der Waals surface area contributed by atoms with Gasteiger partial charge < -0.3 is 15.0 Å². The number of amides is 1. The van der Waals surface area contributed by atoms with Crippen molar-refractivity contribution < 1.29 is 27.1 Å². The Bertz CT molecular complexity index is 1070. The molecule has 1 amide bonds. The molecule has 9 nitrogen and oxygen atoms in total. The topological polar surface area (TPSA) is 98.1 Å². The van der Waals surface area contributed by atoms with Gasteiger partial charge in [0.05, 0.1) is 36.9 Å². The number of hydrogen-bond donors (Lipinski definition) is 1. The minimum atomic E-state index is -4.54. The summed E-state index contributed by atoms with van der Waals surface area (Å²) in [5.74, 6) is -0.240. The molecule has 3 aromatic rings. The van der Waals surface area contributed by atoms with Gasteiger partial charge in [0.1, 0.15) is 24.2 Å². The van der Waals surface area contributed by atoms with E-state index in [0.717, 1.165) is 4.68 Å². The monoisotopic (exact) mass is 439 g/mol. The number of alkyl halides is 4. The van der Waals surface area contributed by atoms with Crippen LogP contribution in [0, 0.1) is 0 Å². The SMILES string of the molecule is O=C(c1cc2c(cn1)c(Nc1cnccn1)nn2CC(F)(F)F)N1CCOC[C@@H](F)C1. The lowest BCUT2D eigenvalue weighted by molar-refractivity contribution is -0.141. The van der Waals surface area contributed by atoms with E-state index in [1.165, 1.54) is 35.8 Å². The zero-order valence-electron chi connectivity index (χ0n) is 16.0. The molecule has 4 heterocycles. The highest BCUT2D eigenvalue weighted by Gasteiger charge is 2.31. The van der Waals surface area contributed by atoms with Gasteiger partial charge in [-0.3, -0.25) is 19.4 Å². The molecule has 31 heavy (non-hydrogen) atoms. The van der Waals surface area contributed by atoms with Gasteiger partial charge in [-0.05, 0) is 6.07 Å². The molecule has 1 saturated heterocycles. The quantitative estimate of drug-likeness (QED) is 0.623. The van der Waals surface area contributed by atoms with E-state index in [0.29, 0.717) is 0 Å². The van der Waals surface area contributed by atoms with Gasteiger partial charge in [0.25, 0.3) is 5.91 Å². The van der Waals surface area contributed by atoms with E-state index >= 15 is 0 Å². The van der Waals surface area contributed by atoms with Crippen molar-refractivity contribution in [3.05, 3.63) is 36.5 Å².